The minimum Gasteiger partial charge on any atom is -0.356 e. The van der Waals surface area contributed by atoms with Crippen molar-refractivity contribution >= 4 is 50.7 Å². The minimum atomic E-state index is -3.77. The van der Waals surface area contributed by atoms with Gasteiger partial charge in [-0.25, -0.2) is 23.9 Å². The van der Waals surface area contributed by atoms with Gasteiger partial charge in [-0.05, 0) is 26.2 Å². The van der Waals surface area contributed by atoms with Crippen LogP contribution in [0.4, 0.5) is 5.82 Å². The number of unbranched alkanes of at least 4 members (excludes halogenated alkanes) is 1. The van der Waals surface area contributed by atoms with E-state index in [0.29, 0.717) is 55.3 Å². The van der Waals surface area contributed by atoms with Crippen LogP contribution in [0.3, 0.4) is 0 Å². The molecule has 1 aliphatic rings. The molecule has 0 unspecified atom stereocenters. The smallest absolute Gasteiger partial charge is 0.293 e. The number of H-pyrrole nitrogens is 1. The van der Waals surface area contributed by atoms with Gasteiger partial charge >= 0.3 is 0 Å². The zero-order valence-electron chi connectivity index (χ0n) is 19.7. The Morgan fingerprint density at radius 3 is 2.46 bits per heavy atom. The molecular formula is C21H28Cl2N6O5S. The monoisotopic (exact) mass is 546 g/mol. The fourth-order valence-corrected chi connectivity index (χ4v) is 5.38. The Kier molecular flexibility index (Phi) is 8.97. The number of rotatable bonds is 9. The van der Waals surface area contributed by atoms with Crippen LogP contribution in [0.25, 0.3) is 0 Å². The number of sulfone groups is 1. The number of aryl methyl sites for hydroxylation is 1. The molecule has 35 heavy (non-hydrogen) atoms. The van der Waals surface area contributed by atoms with Gasteiger partial charge in [-0.3, -0.25) is 14.4 Å². The number of amides is 2. The molecule has 2 aromatic heterocycles. The van der Waals surface area contributed by atoms with Gasteiger partial charge in [-0.15, -0.1) is 0 Å². The molecule has 192 valence electrons. The summed E-state index contributed by atoms with van der Waals surface area (Å²) in [4.78, 5) is 42.6. The van der Waals surface area contributed by atoms with Crippen molar-refractivity contribution in [1.29, 1.82) is 0 Å². The first-order chi connectivity index (χ1) is 16.6. The number of aromatic nitrogens is 3. The van der Waals surface area contributed by atoms with Crippen LogP contribution < -0.4 is 15.7 Å². The summed E-state index contributed by atoms with van der Waals surface area (Å²) in [6.45, 7) is 4.55. The highest BCUT2D eigenvalue weighted by Crippen LogP contribution is 2.29. The molecule has 1 aliphatic heterocycles. The van der Waals surface area contributed by atoms with Crippen molar-refractivity contribution < 1.29 is 22.8 Å². The predicted octanol–water partition coefficient (Wildman–Crippen LogP) is 2.68. The summed E-state index contributed by atoms with van der Waals surface area (Å²) < 4.78 is 25.5. The fourth-order valence-electron chi connectivity index (χ4n) is 3.64. The number of hydrogen-bond acceptors (Lipinski definition) is 8. The second kappa shape index (κ2) is 11.5. The molecule has 1 fully saturated rings. The standard InChI is InChI=1S/C21H28Cl2N6O5S/c1-4-5-10-35(32,33)21-26-14(19(30)28-34-3)11-15(27-21)29-8-6-13(7-9-29)25-20(31)18-17(23)16(22)12(2)24-18/h11,13,24H,4-10H2,1-3H3,(H,25,31)(H,28,30). The summed E-state index contributed by atoms with van der Waals surface area (Å²) in [6, 6.07) is 1.29. The van der Waals surface area contributed by atoms with Gasteiger partial charge in [-0.1, -0.05) is 36.5 Å². The summed E-state index contributed by atoms with van der Waals surface area (Å²) in [5.74, 6) is -0.830. The molecule has 3 heterocycles. The van der Waals surface area contributed by atoms with E-state index in [2.05, 4.69) is 30.6 Å². The second-order valence-electron chi connectivity index (χ2n) is 8.19. The molecule has 0 bridgehead atoms. The van der Waals surface area contributed by atoms with Crippen LogP contribution in [0, 0.1) is 6.92 Å². The molecule has 1 saturated heterocycles. The van der Waals surface area contributed by atoms with E-state index >= 15 is 0 Å². The van der Waals surface area contributed by atoms with Gasteiger partial charge < -0.3 is 15.2 Å². The molecule has 0 saturated carbocycles. The number of hydrogen-bond donors (Lipinski definition) is 3. The average molecular weight is 547 g/mol. The minimum absolute atomic E-state index is 0.114. The zero-order chi connectivity index (χ0) is 25.8. The molecule has 11 nitrogen and oxygen atoms in total. The van der Waals surface area contributed by atoms with Crippen LogP contribution in [0.15, 0.2) is 11.2 Å². The van der Waals surface area contributed by atoms with Crippen LogP contribution in [0.2, 0.25) is 10.0 Å². The van der Waals surface area contributed by atoms with Crippen LogP contribution >= 0.6 is 23.2 Å². The first-order valence-electron chi connectivity index (χ1n) is 11.1. The summed E-state index contributed by atoms with van der Waals surface area (Å²) >= 11 is 12.2. The van der Waals surface area contributed by atoms with Gasteiger partial charge in [0.05, 0.1) is 22.9 Å². The summed E-state index contributed by atoms with van der Waals surface area (Å²) in [6.07, 6.45) is 2.28. The van der Waals surface area contributed by atoms with Gasteiger partial charge in [0.25, 0.3) is 11.8 Å². The summed E-state index contributed by atoms with van der Waals surface area (Å²) in [5, 5.41) is 3.04. The second-order valence-corrected chi connectivity index (χ2v) is 10.9. The van der Waals surface area contributed by atoms with Crippen molar-refractivity contribution in [3.8, 4) is 0 Å². The lowest BCUT2D eigenvalue weighted by Gasteiger charge is -2.33. The number of nitrogens with zero attached hydrogens (tertiary/aromatic N) is 3. The Morgan fingerprint density at radius 1 is 1.20 bits per heavy atom. The molecular weight excluding hydrogens is 519 g/mol. The van der Waals surface area contributed by atoms with E-state index in [4.69, 9.17) is 23.2 Å². The van der Waals surface area contributed by atoms with E-state index in [1.54, 1.807) is 6.92 Å². The lowest BCUT2D eigenvalue weighted by Crippen LogP contribution is -2.45. The lowest BCUT2D eigenvalue weighted by atomic mass is 10.0. The van der Waals surface area contributed by atoms with Crippen molar-refractivity contribution in [1.82, 2.24) is 25.7 Å². The van der Waals surface area contributed by atoms with Gasteiger partial charge in [0.1, 0.15) is 17.2 Å². The number of hydroxylamine groups is 1. The highest BCUT2D eigenvalue weighted by molar-refractivity contribution is 7.91. The largest absolute Gasteiger partial charge is 0.356 e. The Balaban J connectivity index is 1.75. The van der Waals surface area contributed by atoms with E-state index in [-0.39, 0.29) is 34.1 Å². The third-order valence-electron chi connectivity index (χ3n) is 5.60. The Labute approximate surface area is 213 Å². The zero-order valence-corrected chi connectivity index (χ0v) is 22.0. The molecule has 2 aromatic rings. The number of piperidine rings is 1. The summed E-state index contributed by atoms with van der Waals surface area (Å²) in [5.41, 5.74) is 2.86. The molecule has 0 aromatic carbocycles. The van der Waals surface area contributed by atoms with Crippen molar-refractivity contribution in [2.45, 2.75) is 50.7 Å². The van der Waals surface area contributed by atoms with Gasteiger partial charge in [0, 0.05) is 30.9 Å². The SMILES string of the molecule is CCCCS(=O)(=O)c1nc(C(=O)NOC)cc(N2CCC(NC(=O)c3[nH]c(C)c(Cl)c3Cl)CC2)n1. The molecule has 0 radical (unpaired) electrons. The third-order valence-corrected chi connectivity index (χ3v) is 8.11. The average Bonchev–Trinajstić information content (AvgIpc) is 3.10. The van der Waals surface area contributed by atoms with Crippen molar-refractivity contribution in [2.24, 2.45) is 0 Å². The summed E-state index contributed by atoms with van der Waals surface area (Å²) in [7, 11) is -2.50. The first-order valence-corrected chi connectivity index (χ1v) is 13.5. The quantitative estimate of drug-likeness (QED) is 0.321. The number of carbonyl (C=O) groups is 2. The molecule has 0 aliphatic carbocycles. The third kappa shape index (κ3) is 6.43. The normalized spacial score (nSPS) is 14.7. The molecule has 0 atom stereocenters. The Morgan fingerprint density at radius 2 is 1.89 bits per heavy atom. The number of carbonyl (C=O) groups excluding carboxylic acids is 2. The van der Waals surface area contributed by atoms with Crippen molar-refractivity contribution in [3.05, 3.63) is 33.2 Å². The Hall–Kier alpha value is -2.41. The molecule has 3 N–H and O–H groups in total. The highest BCUT2D eigenvalue weighted by Gasteiger charge is 2.27. The number of nitrogens with one attached hydrogen (secondary N) is 3. The number of halogens is 2. The van der Waals surface area contributed by atoms with E-state index in [1.165, 1.54) is 13.2 Å². The van der Waals surface area contributed by atoms with E-state index in [1.807, 2.05) is 11.8 Å². The van der Waals surface area contributed by atoms with Crippen LogP contribution in [0.5, 0.6) is 0 Å². The molecule has 14 heteroatoms. The number of aromatic amines is 1. The fraction of sp³-hybridized carbons (Fsp3) is 0.524. The van der Waals surface area contributed by atoms with Crippen LogP contribution in [-0.2, 0) is 14.7 Å². The highest BCUT2D eigenvalue weighted by atomic mass is 35.5. The van der Waals surface area contributed by atoms with Crippen molar-refractivity contribution in [3.63, 3.8) is 0 Å². The Bertz CT molecular complexity index is 1200. The van der Waals surface area contributed by atoms with Gasteiger partial charge in [0.15, 0.2) is 0 Å². The maximum Gasteiger partial charge on any atom is 0.293 e. The number of anilines is 1. The van der Waals surface area contributed by atoms with Crippen LogP contribution in [-0.4, -0.2) is 67.2 Å². The maximum absolute atomic E-state index is 12.7. The van der Waals surface area contributed by atoms with Crippen molar-refractivity contribution in [2.75, 3.05) is 30.9 Å². The van der Waals surface area contributed by atoms with Crippen LogP contribution in [0.1, 0.15) is 59.3 Å². The van der Waals surface area contributed by atoms with Gasteiger partial charge in [-0.2, -0.15) is 0 Å². The maximum atomic E-state index is 12.7. The van der Waals surface area contributed by atoms with E-state index in [9.17, 15) is 18.0 Å². The molecule has 3 rings (SSSR count). The van der Waals surface area contributed by atoms with Gasteiger partial charge in [0.2, 0.25) is 15.0 Å². The first kappa shape index (κ1) is 27.2. The topological polar surface area (TPSA) is 146 Å². The lowest BCUT2D eigenvalue weighted by molar-refractivity contribution is 0.0531. The molecule has 0 spiro atoms. The van der Waals surface area contributed by atoms with E-state index < -0.39 is 20.9 Å². The predicted molar refractivity (Wildman–Crippen MR) is 132 cm³/mol. The molecule has 2 amide bonds. The van der Waals surface area contributed by atoms with E-state index in [0.717, 1.165) is 0 Å².